The van der Waals surface area contributed by atoms with E-state index in [0.29, 0.717) is 10.5 Å². The Bertz CT molecular complexity index is 926. The minimum atomic E-state index is -0.980. The highest BCUT2D eigenvalue weighted by atomic mass is 32.1. The number of carbonyl (C=O) groups is 1. The normalized spacial score (nSPS) is 16.2. The first kappa shape index (κ1) is 19.0. The third-order valence-electron chi connectivity index (χ3n) is 4.43. The highest BCUT2D eigenvalue weighted by molar-refractivity contribution is 7.07. The number of aliphatic carboxylic acids is 1. The molecule has 0 radical (unpaired) electrons. The Labute approximate surface area is 159 Å². The van der Waals surface area contributed by atoms with Gasteiger partial charge >= 0.3 is 5.97 Å². The Morgan fingerprint density at radius 1 is 1.19 bits per heavy atom. The minimum Gasteiger partial charge on any atom is -0.504 e. The van der Waals surface area contributed by atoms with E-state index in [1.807, 2.05) is 0 Å². The van der Waals surface area contributed by atoms with Crippen molar-refractivity contribution < 1.29 is 25.2 Å². The molecule has 0 bridgehead atoms. The van der Waals surface area contributed by atoms with Crippen molar-refractivity contribution >= 4 is 23.5 Å². The third-order valence-corrected chi connectivity index (χ3v) is 5.31. The van der Waals surface area contributed by atoms with E-state index in [4.69, 9.17) is 10.1 Å². The van der Waals surface area contributed by atoms with Gasteiger partial charge in [0, 0.05) is 10.9 Å². The van der Waals surface area contributed by atoms with Crippen molar-refractivity contribution in [1.29, 1.82) is 0 Å². The molecule has 1 aromatic carbocycles. The smallest absolute Gasteiger partial charge is 0.309 e. The topological polar surface area (TPSA) is 128 Å². The number of phenols is 3. The predicted octanol–water partition coefficient (Wildman–Crippen LogP) is 2.41. The summed E-state index contributed by atoms with van der Waals surface area (Å²) in [5.74, 6) is -2.55. The summed E-state index contributed by atoms with van der Waals surface area (Å²) in [7, 11) is 0. The van der Waals surface area contributed by atoms with Gasteiger partial charge in [-0.05, 0) is 25.0 Å². The number of aromatic nitrogens is 1. The van der Waals surface area contributed by atoms with Gasteiger partial charge < -0.3 is 20.4 Å². The first-order valence-electron chi connectivity index (χ1n) is 8.69. The fourth-order valence-corrected chi connectivity index (χ4v) is 3.90. The number of phenolic OH excluding ortho intramolecular Hbond substituents is 3. The highest BCUT2D eigenvalue weighted by Crippen LogP contribution is 2.36. The van der Waals surface area contributed by atoms with E-state index < -0.39 is 23.2 Å². The summed E-state index contributed by atoms with van der Waals surface area (Å²) < 4.78 is 1.46. The monoisotopic (exact) mass is 391 g/mol. The Morgan fingerprint density at radius 3 is 2.63 bits per heavy atom. The van der Waals surface area contributed by atoms with Crippen LogP contribution in [0.3, 0.4) is 0 Å². The van der Waals surface area contributed by atoms with Crippen LogP contribution in [-0.4, -0.2) is 43.3 Å². The Kier molecular flexibility index (Phi) is 5.80. The fraction of sp³-hybridized carbons (Fsp3) is 0.389. The number of hydrogen-bond donors (Lipinski definition) is 4. The Hall–Kier alpha value is -2.81. The number of benzene rings is 1. The molecule has 0 amide bonds. The van der Waals surface area contributed by atoms with Crippen molar-refractivity contribution in [3.05, 3.63) is 33.6 Å². The zero-order chi connectivity index (χ0) is 19.4. The largest absolute Gasteiger partial charge is 0.504 e. The van der Waals surface area contributed by atoms with Crippen molar-refractivity contribution in [3.63, 3.8) is 0 Å². The van der Waals surface area contributed by atoms with Crippen LogP contribution in [0.2, 0.25) is 0 Å². The standard InChI is InChI=1S/C18H21N3O5S/c22-14-7-6-11(16(25)17(14)26)9-19-21-13(8-15(23)24)10-27-18(21)20-12-4-2-1-3-5-12/h6-7,9-10,12,22,25-26H,1-5,8H2,(H,23,24)/b19-9+,20-18-. The van der Waals surface area contributed by atoms with Crippen molar-refractivity contribution in [3.8, 4) is 17.2 Å². The summed E-state index contributed by atoms with van der Waals surface area (Å²) in [6.45, 7) is 0. The second-order valence-electron chi connectivity index (χ2n) is 6.43. The van der Waals surface area contributed by atoms with Crippen LogP contribution in [-0.2, 0) is 11.2 Å². The summed E-state index contributed by atoms with van der Waals surface area (Å²) in [5, 5.41) is 44.1. The van der Waals surface area contributed by atoms with E-state index >= 15 is 0 Å². The molecule has 1 aliphatic rings. The molecule has 0 saturated heterocycles. The van der Waals surface area contributed by atoms with E-state index in [1.54, 1.807) is 5.38 Å². The van der Waals surface area contributed by atoms with E-state index in [2.05, 4.69) is 5.10 Å². The molecule has 1 aromatic heterocycles. The fourth-order valence-electron chi connectivity index (χ4n) is 3.00. The molecule has 0 unspecified atom stereocenters. The molecular formula is C18H21N3O5S. The molecule has 144 valence electrons. The Morgan fingerprint density at radius 2 is 1.93 bits per heavy atom. The molecule has 3 rings (SSSR count). The van der Waals surface area contributed by atoms with E-state index in [0.717, 1.165) is 25.7 Å². The molecule has 1 heterocycles. The minimum absolute atomic E-state index is 0.189. The van der Waals surface area contributed by atoms with Crippen LogP contribution in [0.5, 0.6) is 17.2 Å². The third kappa shape index (κ3) is 4.48. The van der Waals surface area contributed by atoms with Crippen LogP contribution in [0.15, 0.2) is 27.6 Å². The van der Waals surface area contributed by atoms with Crippen molar-refractivity contribution in [2.45, 2.75) is 44.6 Å². The van der Waals surface area contributed by atoms with Crippen molar-refractivity contribution in [2.75, 3.05) is 0 Å². The molecular weight excluding hydrogens is 370 g/mol. The maximum Gasteiger partial charge on any atom is 0.309 e. The van der Waals surface area contributed by atoms with Gasteiger partial charge in [0.15, 0.2) is 11.5 Å². The first-order valence-corrected chi connectivity index (χ1v) is 9.57. The molecule has 8 nitrogen and oxygen atoms in total. The van der Waals surface area contributed by atoms with Gasteiger partial charge in [-0.25, -0.2) is 4.68 Å². The maximum absolute atomic E-state index is 11.1. The molecule has 0 aliphatic heterocycles. The molecule has 1 saturated carbocycles. The molecule has 4 N–H and O–H groups in total. The summed E-state index contributed by atoms with van der Waals surface area (Å²) in [5.41, 5.74) is 0.662. The number of aromatic hydroxyl groups is 3. The summed E-state index contributed by atoms with van der Waals surface area (Å²) in [6.07, 6.45) is 6.57. The molecule has 9 heteroatoms. The lowest BCUT2D eigenvalue weighted by molar-refractivity contribution is -0.136. The summed E-state index contributed by atoms with van der Waals surface area (Å²) >= 11 is 1.32. The van der Waals surface area contributed by atoms with Gasteiger partial charge in [-0.3, -0.25) is 9.79 Å². The zero-order valence-corrected chi connectivity index (χ0v) is 15.4. The van der Waals surface area contributed by atoms with Gasteiger partial charge in [0.2, 0.25) is 10.6 Å². The maximum atomic E-state index is 11.1. The average Bonchev–Trinajstić information content (AvgIpc) is 3.01. The van der Waals surface area contributed by atoms with Crippen LogP contribution in [0.25, 0.3) is 0 Å². The van der Waals surface area contributed by atoms with Crippen LogP contribution >= 0.6 is 11.3 Å². The quantitative estimate of drug-likeness (QED) is 0.460. The molecule has 0 spiro atoms. The lowest BCUT2D eigenvalue weighted by atomic mass is 9.96. The van der Waals surface area contributed by atoms with Crippen LogP contribution in [0.1, 0.15) is 43.4 Å². The second-order valence-corrected chi connectivity index (χ2v) is 7.27. The predicted molar refractivity (Wildman–Crippen MR) is 101 cm³/mol. The summed E-state index contributed by atoms with van der Waals surface area (Å²) in [6, 6.07) is 2.83. The SMILES string of the molecule is O=C(O)Cc1cs/c(=N\C2CCCCC2)n1/N=C/c1ccc(O)c(O)c1O. The van der Waals surface area contributed by atoms with Gasteiger partial charge in [-0.1, -0.05) is 19.3 Å². The molecule has 0 atom stereocenters. The number of nitrogens with zero attached hydrogens (tertiary/aromatic N) is 3. The van der Waals surface area contributed by atoms with Gasteiger partial charge in [-0.15, -0.1) is 11.3 Å². The number of thiazole rings is 1. The average molecular weight is 391 g/mol. The second kappa shape index (κ2) is 8.26. The van der Waals surface area contributed by atoms with Crippen molar-refractivity contribution in [1.82, 2.24) is 4.68 Å². The lowest BCUT2D eigenvalue weighted by Gasteiger charge is -2.16. The number of rotatable bonds is 5. The van der Waals surface area contributed by atoms with Gasteiger partial charge in [0.05, 0.1) is 24.4 Å². The molecule has 27 heavy (non-hydrogen) atoms. The summed E-state index contributed by atoms with van der Waals surface area (Å²) in [4.78, 5) is 16.5. The van der Waals surface area contributed by atoms with Gasteiger partial charge in [-0.2, -0.15) is 5.10 Å². The van der Waals surface area contributed by atoms with Crippen LogP contribution < -0.4 is 4.80 Å². The van der Waals surface area contributed by atoms with Crippen LogP contribution in [0, 0.1) is 0 Å². The van der Waals surface area contributed by atoms with E-state index in [9.17, 15) is 20.1 Å². The zero-order valence-electron chi connectivity index (χ0n) is 14.6. The lowest BCUT2D eigenvalue weighted by Crippen LogP contribution is -2.20. The first-order chi connectivity index (χ1) is 13.0. The van der Waals surface area contributed by atoms with E-state index in [-0.39, 0.29) is 18.0 Å². The number of carboxylic acids is 1. The van der Waals surface area contributed by atoms with Gasteiger partial charge in [0.25, 0.3) is 0 Å². The highest BCUT2D eigenvalue weighted by Gasteiger charge is 2.15. The number of carboxylic acid groups (broad SMARTS) is 1. The van der Waals surface area contributed by atoms with Crippen LogP contribution in [0.4, 0.5) is 0 Å². The molecule has 1 aliphatic carbocycles. The Balaban J connectivity index is 1.99. The van der Waals surface area contributed by atoms with E-state index in [1.165, 1.54) is 40.8 Å². The van der Waals surface area contributed by atoms with Crippen molar-refractivity contribution in [2.24, 2.45) is 10.1 Å². The molecule has 1 fully saturated rings. The van der Waals surface area contributed by atoms with Gasteiger partial charge in [0.1, 0.15) is 0 Å². The number of hydrogen-bond acceptors (Lipinski definition) is 7. The molecule has 2 aromatic rings.